The minimum Gasteiger partial charge on any atom is -0.680 e. The molecule has 0 aliphatic carbocycles. The first-order chi connectivity index (χ1) is 3.00. The van der Waals surface area contributed by atoms with E-state index in [1.54, 1.807) is 0 Å². The van der Waals surface area contributed by atoms with Crippen molar-refractivity contribution in [1.82, 2.24) is 0 Å². The van der Waals surface area contributed by atoms with Crippen LogP contribution in [0.4, 0.5) is 0 Å². The molecule has 7 heavy (non-hydrogen) atoms. The smallest absolute Gasteiger partial charge is 0.680 e. The summed E-state index contributed by atoms with van der Waals surface area (Å²) in [6.45, 7) is 0. The van der Waals surface area contributed by atoms with Crippen LogP contribution in [0.3, 0.4) is 0 Å². The Morgan fingerprint density at radius 2 is 0.571 bits per heavy atom. The van der Waals surface area contributed by atoms with E-state index in [1.807, 2.05) is 0 Å². The molecule has 42 valence electrons. The van der Waals surface area contributed by atoms with Crippen LogP contribution in [0.25, 0.3) is 0 Å². The van der Waals surface area contributed by atoms with Crippen LogP contribution in [-0.2, 0) is 35.5 Å². The van der Waals surface area contributed by atoms with Crippen molar-refractivity contribution in [3.05, 3.63) is 0 Å². The maximum atomic E-state index is 4.22. The summed E-state index contributed by atoms with van der Waals surface area (Å²) >= 11 is 10.7. The van der Waals surface area contributed by atoms with Gasteiger partial charge in [0.25, 0.3) is 0 Å². The van der Waals surface area contributed by atoms with Crippen LogP contribution in [0.1, 0.15) is 0 Å². The zero-order chi connectivity index (χ0) is 6.00. The second kappa shape index (κ2) is 78.1. The first-order valence-electron chi connectivity index (χ1n) is 0.463. The summed E-state index contributed by atoms with van der Waals surface area (Å²) in [5.41, 5.74) is 0. The monoisotopic (exact) mass is 228 g/mol. The van der Waals surface area contributed by atoms with E-state index < -0.39 is 0 Å². The van der Waals surface area contributed by atoms with Crippen molar-refractivity contribution in [1.29, 1.82) is 0 Å². The molecule has 0 aromatic heterocycles. The molecule has 0 aromatic carbocycles. The predicted octanol–water partition coefficient (Wildman–Crippen LogP) is 1.68. The summed E-state index contributed by atoms with van der Waals surface area (Å²) in [6, 6.07) is 0. The van der Waals surface area contributed by atoms with Gasteiger partial charge in [0, 0.05) is 0 Å². The molecule has 0 aliphatic rings. The standard InChI is InChI=1S/Al.3ClS/c;3*1-2/q+3;3*-1. The molecule has 0 spiro atoms. The van der Waals surface area contributed by atoms with Crippen molar-refractivity contribution < 1.29 is 0 Å². The Morgan fingerprint density at radius 3 is 0.571 bits per heavy atom. The van der Waals surface area contributed by atoms with Gasteiger partial charge in [0.15, 0.2) is 0 Å². The van der Waals surface area contributed by atoms with Crippen molar-refractivity contribution in [3.8, 4) is 0 Å². The zero-order valence-corrected chi connectivity index (χ0v) is 8.81. The maximum Gasteiger partial charge on any atom is 3.00 e. The van der Waals surface area contributed by atoms with Crippen LogP contribution in [0.2, 0.25) is 0 Å². The zero-order valence-electron chi connectivity index (χ0n) is 2.94. The van der Waals surface area contributed by atoms with Crippen molar-refractivity contribution in [3.63, 3.8) is 0 Å². The Kier molecular flexibility index (Phi) is 253. The van der Waals surface area contributed by atoms with Gasteiger partial charge in [0.05, 0.1) is 0 Å². The van der Waals surface area contributed by atoms with Gasteiger partial charge in [-0.25, -0.2) is 0 Å². The van der Waals surface area contributed by atoms with Gasteiger partial charge >= 0.3 is 17.4 Å². The fourth-order valence-corrected chi connectivity index (χ4v) is 0. The maximum absolute atomic E-state index is 4.22. The molecule has 0 unspecified atom stereocenters. The number of rotatable bonds is 0. The Bertz CT molecular complexity index is 10.1. The molecule has 7 heteroatoms. The molecular formula is AlCl3S3. The van der Waals surface area contributed by atoms with E-state index in [2.05, 4.69) is 67.6 Å². The van der Waals surface area contributed by atoms with Crippen LogP contribution >= 0.6 is 32.0 Å². The van der Waals surface area contributed by atoms with Gasteiger partial charge in [-0.1, -0.05) is 0 Å². The second-order valence-electron chi connectivity index (χ2n) is 0. The van der Waals surface area contributed by atoms with Crippen LogP contribution in [0, 0.1) is 0 Å². The molecule has 0 radical (unpaired) electrons. The van der Waals surface area contributed by atoms with Crippen LogP contribution < -0.4 is 0 Å². The molecule has 0 amide bonds. The molecule has 0 fully saturated rings. The minimum atomic E-state index is 0. The summed E-state index contributed by atoms with van der Waals surface area (Å²) in [4.78, 5) is 0. The van der Waals surface area contributed by atoms with Crippen molar-refractivity contribution in [2.75, 3.05) is 0 Å². The van der Waals surface area contributed by atoms with Crippen molar-refractivity contribution in [2.45, 2.75) is 0 Å². The van der Waals surface area contributed by atoms with E-state index in [0.717, 1.165) is 0 Å². The molecule has 0 saturated carbocycles. The molecule has 0 atom stereocenters. The topological polar surface area (TPSA) is 0 Å². The first kappa shape index (κ1) is 22.7. The molecular weight excluding hydrogens is 230 g/mol. The molecule has 0 bridgehead atoms. The average molecular weight is 230 g/mol. The Hall–Kier alpha value is 2.45. The summed E-state index contributed by atoms with van der Waals surface area (Å²) < 4.78 is 0. The molecule has 0 heterocycles. The van der Waals surface area contributed by atoms with Crippen LogP contribution in [0.15, 0.2) is 0 Å². The van der Waals surface area contributed by atoms with Gasteiger partial charge in [0.2, 0.25) is 0 Å². The Morgan fingerprint density at radius 1 is 0.571 bits per heavy atom. The van der Waals surface area contributed by atoms with E-state index >= 15 is 0 Å². The second-order valence-corrected chi connectivity index (χ2v) is 0. The fraction of sp³-hybridized carbons (Fsp3) is 0. The van der Waals surface area contributed by atoms with E-state index in [0.29, 0.717) is 0 Å². The Balaban J connectivity index is -0.00000000900. The summed E-state index contributed by atoms with van der Waals surface area (Å²) in [7, 11) is 12.7. The van der Waals surface area contributed by atoms with Gasteiger partial charge in [-0.2, -0.15) is 0 Å². The van der Waals surface area contributed by atoms with Crippen molar-refractivity contribution in [2.24, 2.45) is 0 Å². The molecule has 0 aliphatic heterocycles. The summed E-state index contributed by atoms with van der Waals surface area (Å²) in [6.07, 6.45) is 0. The van der Waals surface area contributed by atoms with Gasteiger partial charge in [0.1, 0.15) is 0 Å². The average Bonchev–Trinajstić information content (AvgIpc) is 1.81. The molecule has 0 nitrogen and oxygen atoms in total. The van der Waals surface area contributed by atoms with Gasteiger partial charge in [-0.3, -0.25) is 0 Å². The third-order valence-electron chi connectivity index (χ3n) is 0. The third kappa shape index (κ3) is 58.5. The first-order valence-corrected chi connectivity index (χ1v) is 4.17. The van der Waals surface area contributed by atoms with E-state index in [9.17, 15) is 0 Å². The largest absolute Gasteiger partial charge is 3.00 e. The molecule has 0 aromatic rings. The number of hydrogen-bond donors (Lipinski definition) is 0. The Labute approximate surface area is 84.1 Å². The third-order valence-corrected chi connectivity index (χ3v) is 0. The SMILES string of the molecule is [Al+3].[S-]Cl.[S-]Cl.[S-]Cl. The molecule has 0 saturated heterocycles. The van der Waals surface area contributed by atoms with E-state index in [-0.39, 0.29) is 17.4 Å². The normalized spacial score (nSPS) is 2.57. The van der Waals surface area contributed by atoms with E-state index in [1.165, 1.54) is 0 Å². The van der Waals surface area contributed by atoms with Gasteiger partial charge < -0.3 is 67.6 Å². The number of hydrogen-bond acceptors (Lipinski definition) is 3. The minimum absolute atomic E-state index is 0. The quantitative estimate of drug-likeness (QED) is 0.458. The predicted molar refractivity (Wildman–Crippen MR) is 45.4 cm³/mol. The van der Waals surface area contributed by atoms with Gasteiger partial charge in [-0.05, 0) is 0 Å². The summed E-state index contributed by atoms with van der Waals surface area (Å²) in [5.74, 6) is 0. The summed E-state index contributed by atoms with van der Waals surface area (Å²) in [5, 5.41) is 0. The molecule has 0 N–H and O–H groups in total. The van der Waals surface area contributed by atoms with Crippen molar-refractivity contribution >= 4 is 84.9 Å². The number of halogens is 3. The van der Waals surface area contributed by atoms with Crippen LogP contribution in [-0.4, -0.2) is 17.4 Å². The molecule has 0 rings (SSSR count). The van der Waals surface area contributed by atoms with Crippen LogP contribution in [0.5, 0.6) is 0 Å². The van der Waals surface area contributed by atoms with E-state index in [4.69, 9.17) is 0 Å². The fourth-order valence-electron chi connectivity index (χ4n) is 0. The van der Waals surface area contributed by atoms with Gasteiger partial charge in [-0.15, -0.1) is 0 Å².